The predicted molar refractivity (Wildman–Crippen MR) is 43.7 cm³/mol. The van der Waals surface area contributed by atoms with Gasteiger partial charge in [0.25, 0.3) is 0 Å². The normalized spacial score (nSPS) is 11.6. The first kappa shape index (κ1) is 8.92. The molecule has 52 valence electrons. The van der Waals surface area contributed by atoms with Crippen LogP contribution in [-0.4, -0.2) is 13.2 Å². The second kappa shape index (κ2) is 6.05. The van der Waals surface area contributed by atoms with Crippen LogP contribution >= 0.6 is 15.9 Å². The average molecular weight is 191 g/mol. The molecule has 0 saturated carbocycles. The highest BCUT2D eigenvalue weighted by Crippen LogP contribution is 2.03. The Balaban J connectivity index is 3.17. The van der Waals surface area contributed by atoms with Crippen LogP contribution in [0.2, 0.25) is 0 Å². The molecule has 0 heterocycles. The molecule has 9 heavy (non-hydrogen) atoms. The van der Waals surface area contributed by atoms with E-state index in [4.69, 9.17) is 4.74 Å². The van der Waals surface area contributed by atoms with Crippen LogP contribution in [0.4, 0.5) is 0 Å². The summed E-state index contributed by atoms with van der Waals surface area (Å²) in [6.07, 6.45) is 3.69. The molecule has 0 radical (unpaired) electrons. The summed E-state index contributed by atoms with van der Waals surface area (Å²) in [5.41, 5.74) is 0. The van der Waals surface area contributed by atoms with Gasteiger partial charge in [-0.3, -0.25) is 0 Å². The molecular formula is C7H11BrO. The van der Waals surface area contributed by atoms with E-state index in [-0.39, 0.29) is 0 Å². The van der Waals surface area contributed by atoms with Crippen LogP contribution in [0.1, 0.15) is 6.92 Å². The van der Waals surface area contributed by atoms with E-state index in [0.29, 0.717) is 13.2 Å². The van der Waals surface area contributed by atoms with E-state index in [1.54, 1.807) is 6.08 Å². The molecule has 0 aromatic heterocycles. The summed E-state index contributed by atoms with van der Waals surface area (Å²) in [6, 6.07) is 0. The van der Waals surface area contributed by atoms with Gasteiger partial charge < -0.3 is 4.74 Å². The van der Waals surface area contributed by atoms with Crippen LogP contribution in [0, 0.1) is 0 Å². The third-order valence-corrected chi connectivity index (χ3v) is 1.48. The minimum atomic E-state index is 0.614. The largest absolute Gasteiger partial charge is 0.372 e. The molecule has 0 rings (SSSR count). The summed E-state index contributed by atoms with van der Waals surface area (Å²) in [7, 11) is 0. The summed E-state index contributed by atoms with van der Waals surface area (Å²) in [5.74, 6) is 0. The zero-order valence-electron chi connectivity index (χ0n) is 5.56. The Morgan fingerprint density at radius 1 is 1.78 bits per heavy atom. The first-order chi connectivity index (χ1) is 4.31. The van der Waals surface area contributed by atoms with Crippen LogP contribution in [-0.2, 0) is 4.74 Å². The SMILES string of the molecule is C=CCOC/C(Br)=C\C. The first-order valence-corrected chi connectivity index (χ1v) is 3.60. The zero-order valence-corrected chi connectivity index (χ0v) is 7.15. The number of rotatable bonds is 4. The van der Waals surface area contributed by atoms with Crippen molar-refractivity contribution < 1.29 is 4.74 Å². The molecule has 0 aliphatic heterocycles. The lowest BCUT2D eigenvalue weighted by atomic mass is 10.5. The Bertz CT molecular complexity index is 107. The molecule has 0 aromatic carbocycles. The van der Waals surface area contributed by atoms with Gasteiger partial charge in [-0.1, -0.05) is 28.1 Å². The van der Waals surface area contributed by atoms with Gasteiger partial charge in [0.1, 0.15) is 0 Å². The van der Waals surface area contributed by atoms with Gasteiger partial charge >= 0.3 is 0 Å². The third kappa shape index (κ3) is 5.80. The molecule has 0 unspecified atom stereocenters. The van der Waals surface area contributed by atoms with E-state index in [2.05, 4.69) is 22.5 Å². The van der Waals surface area contributed by atoms with E-state index >= 15 is 0 Å². The number of ether oxygens (including phenoxy) is 1. The minimum Gasteiger partial charge on any atom is -0.372 e. The van der Waals surface area contributed by atoms with Crippen molar-refractivity contribution >= 4 is 15.9 Å². The van der Waals surface area contributed by atoms with E-state index in [1.807, 2.05) is 13.0 Å². The Hall–Kier alpha value is -0.0800. The predicted octanol–water partition coefficient (Wildman–Crippen LogP) is 2.49. The lowest BCUT2D eigenvalue weighted by Crippen LogP contribution is -1.92. The molecule has 0 saturated heterocycles. The molecule has 0 aliphatic rings. The lowest BCUT2D eigenvalue weighted by molar-refractivity contribution is 0.192. The van der Waals surface area contributed by atoms with E-state index < -0.39 is 0 Å². The maximum absolute atomic E-state index is 5.10. The molecular weight excluding hydrogens is 180 g/mol. The van der Waals surface area contributed by atoms with Crippen LogP contribution in [0.15, 0.2) is 23.2 Å². The van der Waals surface area contributed by atoms with Crippen molar-refractivity contribution in [3.05, 3.63) is 23.2 Å². The zero-order chi connectivity index (χ0) is 7.11. The van der Waals surface area contributed by atoms with Crippen molar-refractivity contribution in [2.75, 3.05) is 13.2 Å². The van der Waals surface area contributed by atoms with Gasteiger partial charge in [0.05, 0.1) is 13.2 Å². The van der Waals surface area contributed by atoms with Crippen molar-refractivity contribution in [2.45, 2.75) is 6.92 Å². The topological polar surface area (TPSA) is 9.23 Å². The molecule has 0 spiro atoms. The summed E-state index contributed by atoms with van der Waals surface area (Å²) >= 11 is 3.31. The van der Waals surface area contributed by atoms with Crippen molar-refractivity contribution in [3.8, 4) is 0 Å². The molecule has 0 fully saturated rings. The molecule has 0 N–H and O–H groups in total. The van der Waals surface area contributed by atoms with Crippen LogP contribution in [0.5, 0.6) is 0 Å². The van der Waals surface area contributed by atoms with Gasteiger partial charge in [-0.25, -0.2) is 0 Å². The number of hydrogen-bond donors (Lipinski definition) is 0. The van der Waals surface area contributed by atoms with E-state index in [0.717, 1.165) is 4.48 Å². The van der Waals surface area contributed by atoms with E-state index in [9.17, 15) is 0 Å². The minimum absolute atomic E-state index is 0.614. The fourth-order valence-electron chi connectivity index (χ4n) is 0.323. The quantitative estimate of drug-likeness (QED) is 0.490. The van der Waals surface area contributed by atoms with Gasteiger partial charge in [0, 0.05) is 4.48 Å². The van der Waals surface area contributed by atoms with Crippen molar-refractivity contribution in [1.29, 1.82) is 0 Å². The van der Waals surface area contributed by atoms with Crippen molar-refractivity contribution in [3.63, 3.8) is 0 Å². The van der Waals surface area contributed by atoms with Gasteiger partial charge in [-0.2, -0.15) is 0 Å². The summed E-state index contributed by atoms with van der Waals surface area (Å²) < 4.78 is 6.18. The second-order valence-corrected chi connectivity index (χ2v) is 2.56. The molecule has 2 heteroatoms. The Morgan fingerprint density at radius 2 is 2.44 bits per heavy atom. The van der Waals surface area contributed by atoms with Crippen molar-refractivity contribution in [2.24, 2.45) is 0 Å². The smallest absolute Gasteiger partial charge is 0.0782 e. The average Bonchev–Trinajstić information content (AvgIpc) is 1.89. The van der Waals surface area contributed by atoms with E-state index in [1.165, 1.54) is 0 Å². The second-order valence-electron chi connectivity index (χ2n) is 1.54. The highest BCUT2D eigenvalue weighted by molar-refractivity contribution is 9.11. The summed E-state index contributed by atoms with van der Waals surface area (Å²) in [4.78, 5) is 0. The molecule has 0 aliphatic carbocycles. The van der Waals surface area contributed by atoms with Crippen LogP contribution in [0.3, 0.4) is 0 Å². The maximum Gasteiger partial charge on any atom is 0.0782 e. The Kier molecular flexibility index (Phi) is 5.99. The molecule has 0 atom stereocenters. The monoisotopic (exact) mass is 190 g/mol. The fourth-order valence-corrected chi connectivity index (χ4v) is 0.485. The highest BCUT2D eigenvalue weighted by Gasteiger charge is 1.86. The molecule has 0 aromatic rings. The molecule has 0 bridgehead atoms. The Morgan fingerprint density at radius 3 is 2.89 bits per heavy atom. The third-order valence-electron chi connectivity index (χ3n) is 0.789. The molecule has 1 nitrogen and oxygen atoms in total. The molecule has 0 amide bonds. The summed E-state index contributed by atoms with van der Waals surface area (Å²) in [6.45, 7) is 6.74. The first-order valence-electron chi connectivity index (χ1n) is 2.80. The standard InChI is InChI=1S/C7H11BrO/c1-3-5-9-6-7(8)4-2/h3-4H,1,5-6H2,2H3/b7-4+. The van der Waals surface area contributed by atoms with Gasteiger partial charge in [0.2, 0.25) is 0 Å². The van der Waals surface area contributed by atoms with Crippen molar-refractivity contribution in [1.82, 2.24) is 0 Å². The maximum atomic E-state index is 5.10. The number of halogens is 1. The van der Waals surface area contributed by atoms with Crippen LogP contribution in [0.25, 0.3) is 0 Å². The van der Waals surface area contributed by atoms with Crippen LogP contribution < -0.4 is 0 Å². The number of hydrogen-bond acceptors (Lipinski definition) is 1. The fraction of sp³-hybridized carbons (Fsp3) is 0.429. The number of allylic oxidation sites excluding steroid dienone is 1. The van der Waals surface area contributed by atoms with Gasteiger partial charge in [0.15, 0.2) is 0 Å². The van der Waals surface area contributed by atoms with Gasteiger partial charge in [-0.05, 0) is 6.92 Å². The lowest BCUT2D eigenvalue weighted by Gasteiger charge is -1.96. The highest BCUT2D eigenvalue weighted by atomic mass is 79.9. The summed E-state index contributed by atoms with van der Waals surface area (Å²) in [5, 5.41) is 0. The van der Waals surface area contributed by atoms with Gasteiger partial charge in [-0.15, -0.1) is 6.58 Å². The Labute approximate surface area is 64.5 Å².